The second-order valence-electron chi connectivity index (χ2n) is 3.95. The number of carbonyl (C=O) groups excluding carboxylic acids is 2. The van der Waals surface area contributed by atoms with Crippen molar-refractivity contribution in [3.63, 3.8) is 0 Å². The van der Waals surface area contributed by atoms with Gasteiger partial charge in [0.2, 0.25) is 0 Å². The molecule has 0 aliphatic carbocycles. The Morgan fingerprint density at radius 2 is 1.57 bits per heavy atom. The molecule has 80 valence electrons. The SMILES string of the molecule is CC1(C)OC(=O)C(C)(CCBr)C(=O)O1. The number of alkyl halides is 1. The molecule has 0 atom stereocenters. The van der Waals surface area contributed by atoms with Crippen LogP contribution >= 0.6 is 15.9 Å². The number of hydrogen-bond donors (Lipinski definition) is 0. The normalized spacial score (nSPS) is 24.0. The van der Waals surface area contributed by atoms with E-state index in [1.165, 1.54) is 20.8 Å². The molecule has 0 aromatic carbocycles. The van der Waals surface area contributed by atoms with Gasteiger partial charge in [0.05, 0.1) is 0 Å². The Balaban J connectivity index is 2.91. The molecule has 0 radical (unpaired) electrons. The third kappa shape index (κ3) is 1.92. The molecule has 1 saturated heterocycles. The van der Waals surface area contributed by atoms with Crippen molar-refractivity contribution < 1.29 is 19.1 Å². The highest BCUT2D eigenvalue weighted by Gasteiger charge is 2.52. The number of carbonyl (C=O) groups is 2. The average Bonchev–Trinajstić information content (AvgIpc) is 2.00. The molecule has 0 spiro atoms. The van der Waals surface area contributed by atoms with Crippen molar-refractivity contribution in [1.82, 2.24) is 0 Å². The van der Waals surface area contributed by atoms with Gasteiger partial charge in [0.1, 0.15) is 0 Å². The molecule has 4 nitrogen and oxygen atoms in total. The Hall–Kier alpha value is -0.580. The van der Waals surface area contributed by atoms with Gasteiger partial charge >= 0.3 is 11.9 Å². The van der Waals surface area contributed by atoms with E-state index in [9.17, 15) is 9.59 Å². The van der Waals surface area contributed by atoms with Gasteiger partial charge in [-0.25, -0.2) is 0 Å². The summed E-state index contributed by atoms with van der Waals surface area (Å²) in [5.41, 5.74) is -1.17. The fourth-order valence-corrected chi connectivity index (χ4v) is 1.96. The van der Waals surface area contributed by atoms with Gasteiger partial charge in [-0.2, -0.15) is 0 Å². The van der Waals surface area contributed by atoms with Crippen molar-refractivity contribution in [3.05, 3.63) is 0 Å². The first-order chi connectivity index (χ1) is 6.32. The minimum Gasteiger partial charge on any atom is -0.422 e. The number of cyclic esters (lactones) is 2. The summed E-state index contributed by atoms with van der Waals surface area (Å²) < 4.78 is 10.0. The van der Waals surface area contributed by atoms with Crippen LogP contribution in [0.5, 0.6) is 0 Å². The smallest absolute Gasteiger partial charge is 0.326 e. The molecule has 1 aliphatic heterocycles. The van der Waals surface area contributed by atoms with Gasteiger partial charge in [-0.1, -0.05) is 15.9 Å². The maximum atomic E-state index is 11.6. The minimum absolute atomic E-state index is 0.376. The van der Waals surface area contributed by atoms with Crippen LogP contribution in [-0.2, 0) is 19.1 Å². The quantitative estimate of drug-likeness (QED) is 0.432. The molecule has 0 aromatic rings. The second-order valence-corrected chi connectivity index (χ2v) is 4.74. The molecular formula is C9H13BrO4. The van der Waals surface area contributed by atoms with Crippen LogP contribution in [-0.4, -0.2) is 23.1 Å². The maximum Gasteiger partial charge on any atom is 0.326 e. The van der Waals surface area contributed by atoms with Crippen LogP contribution in [0.1, 0.15) is 27.2 Å². The van der Waals surface area contributed by atoms with Crippen LogP contribution in [0.3, 0.4) is 0 Å². The van der Waals surface area contributed by atoms with Gasteiger partial charge < -0.3 is 9.47 Å². The van der Waals surface area contributed by atoms with Crippen LogP contribution in [0.15, 0.2) is 0 Å². The number of ether oxygens (including phenoxy) is 2. The zero-order valence-electron chi connectivity index (χ0n) is 8.43. The monoisotopic (exact) mass is 264 g/mol. The predicted octanol–water partition coefficient (Wildman–Crippen LogP) is 1.61. The van der Waals surface area contributed by atoms with Crippen molar-refractivity contribution in [2.24, 2.45) is 5.41 Å². The molecule has 0 bridgehead atoms. The highest BCUT2D eigenvalue weighted by atomic mass is 79.9. The van der Waals surface area contributed by atoms with Crippen molar-refractivity contribution in [1.29, 1.82) is 0 Å². The van der Waals surface area contributed by atoms with E-state index in [-0.39, 0.29) is 0 Å². The van der Waals surface area contributed by atoms with E-state index in [1.807, 2.05) is 0 Å². The molecule has 0 saturated carbocycles. The largest absolute Gasteiger partial charge is 0.422 e. The van der Waals surface area contributed by atoms with Crippen LogP contribution in [0.25, 0.3) is 0 Å². The first-order valence-electron chi connectivity index (χ1n) is 4.35. The van der Waals surface area contributed by atoms with Gasteiger partial charge in [0.25, 0.3) is 5.79 Å². The van der Waals surface area contributed by atoms with Gasteiger partial charge in [0.15, 0.2) is 5.41 Å². The zero-order valence-corrected chi connectivity index (χ0v) is 10.0. The Bertz CT molecular complexity index is 252. The molecule has 1 rings (SSSR count). The summed E-state index contributed by atoms with van der Waals surface area (Å²) in [7, 11) is 0. The van der Waals surface area contributed by atoms with Crippen molar-refractivity contribution in [3.8, 4) is 0 Å². The van der Waals surface area contributed by atoms with E-state index in [1.54, 1.807) is 0 Å². The zero-order chi connectivity index (χ0) is 11.0. The Labute approximate surface area is 91.1 Å². The molecule has 0 unspecified atom stereocenters. The van der Waals surface area contributed by atoms with Crippen LogP contribution in [0.2, 0.25) is 0 Å². The molecule has 1 aliphatic rings. The number of rotatable bonds is 2. The highest BCUT2D eigenvalue weighted by Crippen LogP contribution is 2.34. The van der Waals surface area contributed by atoms with E-state index < -0.39 is 23.1 Å². The summed E-state index contributed by atoms with van der Waals surface area (Å²) in [5.74, 6) is -2.17. The molecule has 14 heavy (non-hydrogen) atoms. The first-order valence-corrected chi connectivity index (χ1v) is 5.47. The summed E-state index contributed by atoms with van der Waals surface area (Å²) in [6.07, 6.45) is 0.376. The predicted molar refractivity (Wildman–Crippen MR) is 52.8 cm³/mol. The van der Waals surface area contributed by atoms with Crippen LogP contribution < -0.4 is 0 Å². The van der Waals surface area contributed by atoms with E-state index in [4.69, 9.17) is 9.47 Å². The Morgan fingerprint density at radius 1 is 1.14 bits per heavy atom. The summed E-state index contributed by atoms with van der Waals surface area (Å²) in [5, 5.41) is 0.550. The molecule has 1 heterocycles. The Morgan fingerprint density at radius 3 is 1.93 bits per heavy atom. The fourth-order valence-electron chi connectivity index (χ4n) is 1.17. The number of halogens is 1. The lowest BCUT2D eigenvalue weighted by molar-refractivity contribution is -0.249. The average molecular weight is 265 g/mol. The summed E-state index contributed by atoms with van der Waals surface area (Å²) in [4.78, 5) is 23.2. The van der Waals surface area contributed by atoms with Crippen LogP contribution in [0.4, 0.5) is 0 Å². The molecular weight excluding hydrogens is 252 g/mol. The van der Waals surface area contributed by atoms with E-state index in [0.29, 0.717) is 11.8 Å². The van der Waals surface area contributed by atoms with Crippen molar-refractivity contribution >= 4 is 27.9 Å². The lowest BCUT2D eigenvalue weighted by Gasteiger charge is -2.38. The minimum atomic E-state index is -1.17. The summed E-state index contributed by atoms with van der Waals surface area (Å²) in [6, 6.07) is 0. The van der Waals surface area contributed by atoms with E-state index >= 15 is 0 Å². The first kappa shape index (κ1) is 11.5. The van der Waals surface area contributed by atoms with Gasteiger partial charge in [-0.15, -0.1) is 0 Å². The molecule has 1 fully saturated rings. The van der Waals surface area contributed by atoms with Crippen LogP contribution in [0, 0.1) is 5.41 Å². The molecule has 5 heteroatoms. The van der Waals surface area contributed by atoms with E-state index in [0.717, 1.165) is 0 Å². The van der Waals surface area contributed by atoms with Crippen molar-refractivity contribution in [2.75, 3.05) is 5.33 Å². The topological polar surface area (TPSA) is 52.6 Å². The van der Waals surface area contributed by atoms with E-state index in [2.05, 4.69) is 15.9 Å². The van der Waals surface area contributed by atoms with Crippen molar-refractivity contribution in [2.45, 2.75) is 33.0 Å². The second kappa shape index (κ2) is 3.53. The van der Waals surface area contributed by atoms with Gasteiger partial charge in [-0.05, 0) is 13.3 Å². The molecule has 0 amide bonds. The lowest BCUT2D eigenvalue weighted by Crippen LogP contribution is -2.52. The molecule has 0 N–H and O–H groups in total. The third-order valence-electron chi connectivity index (χ3n) is 2.17. The van der Waals surface area contributed by atoms with Gasteiger partial charge in [0, 0.05) is 19.2 Å². The lowest BCUT2D eigenvalue weighted by atomic mass is 9.87. The summed E-state index contributed by atoms with van der Waals surface area (Å²) >= 11 is 3.19. The maximum absolute atomic E-state index is 11.6. The standard InChI is InChI=1S/C9H13BrO4/c1-8(2)13-6(11)9(3,4-5-10)7(12)14-8/h4-5H2,1-3H3. The number of esters is 2. The van der Waals surface area contributed by atoms with Gasteiger partial charge in [-0.3, -0.25) is 9.59 Å². The highest BCUT2D eigenvalue weighted by molar-refractivity contribution is 9.09. The third-order valence-corrected chi connectivity index (χ3v) is 2.57. The number of hydrogen-bond acceptors (Lipinski definition) is 4. The Kier molecular flexibility index (Phi) is 2.90. The molecule has 0 aromatic heterocycles. The summed E-state index contributed by atoms with van der Waals surface area (Å²) in [6.45, 7) is 4.61. The fraction of sp³-hybridized carbons (Fsp3) is 0.778.